The maximum Gasteiger partial charge on any atom is 0.263 e. The molecule has 0 unspecified atom stereocenters. The summed E-state index contributed by atoms with van der Waals surface area (Å²) in [6, 6.07) is 8.03. The van der Waals surface area contributed by atoms with E-state index in [0.29, 0.717) is 25.4 Å². The van der Waals surface area contributed by atoms with Gasteiger partial charge in [-0.1, -0.05) is 12.1 Å². The average Bonchev–Trinajstić information content (AvgIpc) is 2.74. The molecule has 0 radical (unpaired) electrons. The van der Waals surface area contributed by atoms with Gasteiger partial charge < -0.3 is 13.9 Å². The molecule has 1 fully saturated rings. The summed E-state index contributed by atoms with van der Waals surface area (Å²) in [7, 11) is 3.87. The van der Waals surface area contributed by atoms with E-state index in [9.17, 15) is 4.79 Å². The van der Waals surface area contributed by atoms with Gasteiger partial charge in [-0.2, -0.15) is 4.99 Å². The molecule has 21 heavy (non-hydrogen) atoms. The van der Waals surface area contributed by atoms with Crippen molar-refractivity contribution < 1.29 is 9.53 Å². The van der Waals surface area contributed by atoms with Crippen molar-refractivity contribution in [1.82, 2.24) is 14.0 Å². The van der Waals surface area contributed by atoms with E-state index < -0.39 is 0 Å². The molecule has 1 aromatic carbocycles. The minimum Gasteiger partial charge on any atom is -0.379 e. The van der Waals surface area contributed by atoms with Crippen molar-refractivity contribution in [3.8, 4) is 0 Å². The minimum absolute atomic E-state index is 0.113. The molecule has 0 spiro atoms. The van der Waals surface area contributed by atoms with Crippen molar-refractivity contribution in [1.29, 1.82) is 0 Å². The second-order valence-electron chi connectivity index (χ2n) is 5.30. The number of rotatable bonds is 2. The Hall–Kier alpha value is -1.92. The Bertz CT molecular complexity index is 681. The van der Waals surface area contributed by atoms with Gasteiger partial charge in [-0.25, -0.2) is 0 Å². The van der Waals surface area contributed by atoms with E-state index in [1.807, 2.05) is 47.5 Å². The molecule has 0 bridgehead atoms. The summed E-state index contributed by atoms with van der Waals surface area (Å²) < 4.78 is 9.19. The van der Waals surface area contributed by atoms with Crippen LogP contribution in [0.25, 0.3) is 11.0 Å². The summed E-state index contributed by atoms with van der Waals surface area (Å²) in [5, 5.41) is 0. The van der Waals surface area contributed by atoms with E-state index in [0.717, 1.165) is 24.1 Å². The smallest absolute Gasteiger partial charge is 0.263 e. The highest BCUT2D eigenvalue weighted by Crippen LogP contribution is 2.09. The number of nitrogens with zero attached hydrogens (tertiary/aromatic N) is 4. The van der Waals surface area contributed by atoms with Gasteiger partial charge in [0.1, 0.15) is 0 Å². The fourth-order valence-corrected chi connectivity index (χ4v) is 2.72. The number of aromatic nitrogens is 2. The highest BCUT2D eigenvalue weighted by molar-refractivity contribution is 5.80. The largest absolute Gasteiger partial charge is 0.379 e. The number of carbonyl (C=O) groups excluding carboxylic acids is 1. The number of morpholine rings is 1. The van der Waals surface area contributed by atoms with Crippen LogP contribution in [0.5, 0.6) is 0 Å². The number of imidazole rings is 1. The van der Waals surface area contributed by atoms with Crippen LogP contribution in [0.4, 0.5) is 0 Å². The van der Waals surface area contributed by atoms with Gasteiger partial charge in [0.15, 0.2) is 0 Å². The Morgan fingerprint density at radius 1 is 1.14 bits per heavy atom. The molecule has 2 aromatic rings. The molecule has 6 nitrogen and oxygen atoms in total. The first-order chi connectivity index (χ1) is 10.2. The molecule has 1 amide bonds. The molecule has 1 saturated heterocycles. The van der Waals surface area contributed by atoms with Crippen LogP contribution in [-0.4, -0.2) is 52.8 Å². The first kappa shape index (κ1) is 14.0. The van der Waals surface area contributed by atoms with Gasteiger partial charge >= 0.3 is 0 Å². The predicted octanol–water partition coefficient (Wildman–Crippen LogP) is 0.276. The lowest BCUT2D eigenvalue weighted by atomic mass is 10.3. The molecule has 1 aliphatic rings. The number of hydrogen-bond donors (Lipinski definition) is 0. The molecule has 112 valence electrons. The molecule has 0 aliphatic carbocycles. The molecule has 3 rings (SSSR count). The summed E-state index contributed by atoms with van der Waals surface area (Å²) in [4.78, 5) is 18.6. The van der Waals surface area contributed by atoms with Crippen molar-refractivity contribution in [3.05, 3.63) is 29.9 Å². The summed E-state index contributed by atoms with van der Waals surface area (Å²) in [5.74, 6) is -0.113. The predicted molar refractivity (Wildman–Crippen MR) is 79.7 cm³/mol. The normalized spacial score (nSPS) is 16.3. The van der Waals surface area contributed by atoms with E-state index in [4.69, 9.17) is 4.74 Å². The number of ether oxygens (including phenoxy) is 1. The fourth-order valence-electron chi connectivity index (χ4n) is 2.72. The zero-order chi connectivity index (χ0) is 14.8. The van der Waals surface area contributed by atoms with Crippen LogP contribution >= 0.6 is 0 Å². The van der Waals surface area contributed by atoms with Crippen LogP contribution in [0, 0.1) is 0 Å². The number of para-hydroxylation sites is 2. The van der Waals surface area contributed by atoms with E-state index in [1.54, 1.807) is 0 Å². The van der Waals surface area contributed by atoms with E-state index >= 15 is 0 Å². The standard InChI is InChI=1S/C15H20N4O2/c1-17-12-5-3-4-6-13(12)18(2)15(17)16-14(20)11-19-7-9-21-10-8-19/h3-6H,7-11H2,1-2H3. The number of carbonyl (C=O) groups is 1. The van der Waals surface area contributed by atoms with Crippen molar-refractivity contribution in [2.45, 2.75) is 0 Å². The van der Waals surface area contributed by atoms with Gasteiger partial charge in [-0.05, 0) is 12.1 Å². The summed E-state index contributed by atoms with van der Waals surface area (Å²) in [6.45, 7) is 3.32. The van der Waals surface area contributed by atoms with Crippen LogP contribution in [0.3, 0.4) is 0 Å². The number of hydrogen-bond acceptors (Lipinski definition) is 3. The Morgan fingerprint density at radius 2 is 1.71 bits per heavy atom. The number of aryl methyl sites for hydroxylation is 2. The maximum absolute atomic E-state index is 12.2. The van der Waals surface area contributed by atoms with Crippen molar-refractivity contribution in [2.75, 3.05) is 32.8 Å². The molecule has 1 aromatic heterocycles. The molecular formula is C15H20N4O2. The Balaban J connectivity index is 1.90. The topological polar surface area (TPSA) is 51.8 Å². The molecule has 0 atom stereocenters. The third-order valence-corrected chi connectivity index (χ3v) is 3.89. The third kappa shape index (κ3) is 2.77. The lowest BCUT2D eigenvalue weighted by molar-refractivity contribution is -0.120. The van der Waals surface area contributed by atoms with Gasteiger partial charge in [0.2, 0.25) is 5.62 Å². The molecule has 0 N–H and O–H groups in total. The second-order valence-corrected chi connectivity index (χ2v) is 5.30. The summed E-state index contributed by atoms with van der Waals surface area (Å²) in [5.41, 5.74) is 2.81. The number of benzene rings is 1. The maximum atomic E-state index is 12.2. The Labute approximate surface area is 123 Å². The third-order valence-electron chi connectivity index (χ3n) is 3.89. The highest BCUT2D eigenvalue weighted by Gasteiger charge is 2.14. The highest BCUT2D eigenvalue weighted by atomic mass is 16.5. The SMILES string of the molecule is Cn1c(=NC(=O)CN2CCOCC2)n(C)c2ccccc21. The van der Waals surface area contributed by atoms with Gasteiger partial charge in [0.25, 0.3) is 5.91 Å². The van der Waals surface area contributed by atoms with Crippen LogP contribution < -0.4 is 5.62 Å². The fraction of sp³-hybridized carbons (Fsp3) is 0.467. The zero-order valence-corrected chi connectivity index (χ0v) is 12.5. The van der Waals surface area contributed by atoms with Gasteiger partial charge in [-0.3, -0.25) is 9.69 Å². The molecular weight excluding hydrogens is 268 g/mol. The van der Waals surface area contributed by atoms with Gasteiger partial charge in [0, 0.05) is 27.2 Å². The second kappa shape index (κ2) is 5.83. The van der Waals surface area contributed by atoms with Crippen LogP contribution in [0.1, 0.15) is 0 Å². The zero-order valence-electron chi connectivity index (χ0n) is 12.5. The summed E-state index contributed by atoms with van der Waals surface area (Å²) >= 11 is 0. The van der Waals surface area contributed by atoms with Crippen molar-refractivity contribution >= 4 is 16.9 Å². The average molecular weight is 288 g/mol. The summed E-state index contributed by atoms with van der Waals surface area (Å²) in [6.07, 6.45) is 0. The quantitative estimate of drug-likeness (QED) is 0.797. The van der Waals surface area contributed by atoms with E-state index in [2.05, 4.69) is 9.89 Å². The monoisotopic (exact) mass is 288 g/mol. The lowest BCUT2D eigenvalue weighted by Crippen LogP contribution is -2.40. The first-order valence-corrected chi connectivity index (χ1v) is 7.15. The van der Waals surface area contributed by atoms with E-state index in [-0.39, 0.29) is 5.91 Å². The van der Waals surface area contributed by atoms with Gasteiger partial charge in [0.05, 0.1) is 30.8 Å². The molecule has 6 heteroatoms. The Kier molecular flexibility index (Phi) is 3.90. The Morgan fingerprint density at radius 3 is 2.29 bits per heavy atom. The van der Waals surface area contributed by atoms with Crippen molar-refractivity contribution in [3.63, 3.8) is 0 Å². The molecule has 1 aliphatic heterocycles. The first-order valence-electron chi connectivity index (χ1n) is 7.15. The van der Waals surface area contributed by atoms with Crippen LogP contribution in [0.2, 0.25) is 0 Å². The number of amides is 1. The van der Waals surface area contributed by atoms with Crippen molar-refractivity contribution in [2.24, 2.45) is 19.1 Å². The molecule has 2 heterocycles. The van der Waals surface area contributed by atoms with Crippen LogP contribution in [0.15, 0.2) is 29.3 Å². The van der Waals surface area contributed by atoms with E-state index in [1.165, 1.54) is 0 Å². The minimum atomic E-state index is -0.113. The van der Waals surface area contributed by atoms with Gasteiger partial charge in [-0.15, -0.1) is 0 Å². The lowest BCUT2D eigenvalue weighted by Gasteiger charge is -2.24. The van der Waals surface area contributed by atoms with Crippen LogP contribution in [-0.2, 0) is 23.6 Å². The number of fused-ring (bicyclic) bond motifs is 1. The molecule has 0 saturated carbocycles.